The predicted molar refractivity (Wildman–Crippen MR) is 170 cm³/mol. The monoisotopic (exact) mass is 619 g/mol. The van der Waals surface area contributed by atoms with Gasteiger partial charge in [0.15, 0.2) is 5.82 Å². The molecule has 1 aliphatic carbocycles. The second-order valence-electron chi connectivity index (χ2n) is 10.8. The van der Waals surface area contributed by atoms with Gasteiger partial charge in [-0.2, -0.15) is 0 Å². The summed E-state index contributed by atoms with van der Waals surface area (Å²) in [5.74, 6) is 6.88. The molecule has 0 amide bonds. The molecule has 11 nitrogen and oxygen atoms in total. The molecule has 43 heavy (non-hydrogen) atoms. The molecule has 5 rings (SSSR count). The van der Waals surface area contributed by atoms with E-state index in [1.807, 2.05) is 32.9 Å². The number of rotatable bonds is 4. The van der Waals surface area contributed by atoms with Crippen molar-refractivity contribution in [3.05, 3.63) is 60.3 Å². The number of fused-ring (bicyclic) bond motifs is 1. The molecular formula is C30H33N7O4S2. The van der Waals surface area contributed by atoms with Crippen molar-refractivity contribution in [3.63, 3.8) is 0 Å². The summed E-state index contributed by atoms with van der Waals surface area (Å²) in [5, 5.41) is 3.38. The highest BCUT2D eigenvalue weighted by Gasteiger charge is 2.24. The first-order valence-electron chi connectivity index (χ1n) is 13.7. The Morgan fingerprint density at radius 1 is 0.977 bits per heavy atom. The van der Waals surface area contributed by atoms with Gasteiger partial charge in [0.2, 0.25) is 5.95 Å². The first-order chi connectivity index (χ1) is 20.6. The second kappa shape index (κ2) is 14.3. The molecule has 3 aromatic heterocycles. The lowest BCUT2D eigenvalue weighted by molar-refractivity contribution is -0.147. The van der Waals surface area contributed by atoms with Gasteiger partial charge in [-0.1, -0.05) is 5.92 Å². The SMILES string of the molecule is CC(=O)OC1CCC(Nc2nccc(-c3nccc(C#Cc4ccc5c(c4)ncn5C(=O)OC(C)(C)C)n3)n2)CC1.SS. The minimum absolute atomic E-state index is 0.0217. The van der Waals surface area contributed by atoms with E-state index in [2.05, 4.69) is 65.4 Å². The van der Waals surface area contributed by atoms with Gasteiger partial charge in [-0.25, -0.2) is 34.3 Å². The van der Waals surface area contributed by atoms with Crippen molar-refractivity contribution in [1.82, 2.24) is 29.5 Å². The molecule has 1 saturated carbocycles. The van der Waals surface area contributed by atoms with Crippen LogP contribution >= 0.6 is 23.3 Å². The number of hydrogen-bond donors (Lipinski definition) is 3. The van der Waals surface area contributed by atoms with Gasteiger partial charge in [0.05, 0.1) is 11.0 Å². The fourth-order valence-electron chi connectivity index (χ4n) is 4.53. The van der Waals surface area contributed by atoms with Crippen molar-refractivity contribution in [2.24, 2.45) is 0 Å². The zero-order valence-corrected chi connectivity index (χ0v) is 26.1. The third-order valence-electron chi connectivity index (χ3n) is 6.35. The molecule has 1 aromatic carbocycles. The number of thiol groups is 2. The molecule has 3 heterocycles. The number of nitrogens with one attached hydrogen (secondary N) is 1. The Morgan fingerprint density at radius 2 is 1.72 bits per heavy atom. The number of imidazole rings is 1. The molecule has 224 valence electrons. The van der Waals surface area contributed by atoms with Crippen LogP contribution in [0, 0.1) is 11.8 Å². The Hall–Kier alpha value is -4.15. The van der Waals surface area contributed by atoms with E-state index in [1.165, 1.54) is 17.8 Å². The normalized spacial score (nSPS) is 16.2. The van der Waals surface area contributed by atoms with Crippen molar-refractivity contribution in [2.45, 2.75) is 71.1 Å². The topological polar surface area (TPSA) is 134 Å². The predicted octanol–water partition coefficient (Wildman–Crippen LogP) is 5.51. The highest BCUT2D eigenvalue weighted by Crippen LogP contribution is 2.24. The Labute approximate surface area is 260 Å². The van der Waals surface area contributed by atoms with Gasteiger partial charge in [0.25, 0.3) is 0 Å². The number of hydrogen-bond acceptors (Lipinski definition) is 12. The Balaban J connectivity index is 0.00000207. The van der Waals surface area contributed by atoms with Gasteiger partial charge in [0, 0.05) is 30.9 Å². The van der Waals surface area contributed by atoms with Crippen LogP contribution in [-0.2, 0) is 14.3 Å². The van der Waals surface area contributed by atoms with Gasteiger partial charge < -0.3 is 14.8 Å². The van der Waals surface area contributed by atoms with Crippen molar-refractivity contribution >= 4 is 52.4 Å². The summed E-state index contributed by atoms with van der Waals surface area (Å²) in [6.45, 7) is 6.89. The quantitative estimate of drug-likeness (QED) is 0.116. The summed E-state index contributed by atoms with van der Waals surface area (Å²) >= 11 is 6.44. The minimum atomic E-state index is -0.605. The number of carbonyl (C=O) groups is 2. The van der Waals surface area contributed by atoms with E-state index in [-0.39, 0.29) is 18.1 Å². The Morgan fingerprint density at radius 3 is 2.44 bits per heavy atom. The van der Waals surface area contributed by atoms with Crippen LogP contribution in [0.15, 0.2) is 49.1 Å². The zero-order chi connectivity index (χ0) is 31.0. The first-order valence-corrected chi connectivity index (χ1v) is 15.3. The summed E-state index contributed by atoms with van der Waals surface area (Å²) in [5.41, 5.74) is 2.50. The molecule has 0 saturated heterocycles. The van der Waals surface area contributed by atoms with E-state index in [4.69, 9.17) is 9.47 Å². The Bertz CT molecular complexity index is 1650. The number of esters is 1. The first kappa shape index (κ1) is 31.8. The highest BCUT2D eigenvalue weighted by molar-refractivity contribution is 8.59. The van der Waals surface area contributed by atoms with Gasteiger partial charge in [-0.3, -0.25) is 4.79 Å². The van der Waals surface area contributed by atoms with E-state index in [0.29, 0.717) is 34.2 Å². The summed E-state index contributed by atoms with van der Waals surface area (Å²) in [4.78, 5) is 45.9. The molecular weight excluding hydrogens is 587 g/mol. The van der Waals surface area contributed by atoms with E-state index >= 15 is 0 Å². The zero-order valence-electron chi connectivity index (χ0n) is 24.3. The van der Waals surface area contributed by atoms with Gasteiger partial charge in [0.1, 0.15) is 29.4 Å². The fraction of sp³-hybridized carbons (Fsp3) is 0.367. The van der Waals surface area contributed by atoms with Crippen LogP contribution in [0.1, 0.15) is 64.6 Å². The molecule has 0 aliphatic heterocycles. The largest absolute Gasteiger partial charge is 0.463 e. The van der Waals surface area contributed by atoms with E-state index < -0.39 is 11.7 Å². The number of ether oxygens (including phenoxy) is 2. The van der Waals surface area contributed by atoms with Crippen LogP contribution in [0.3, 0.4) is 0 Å². The summed E-state index contributed by atoms with van der Waals surface area (Å²) in [7, 11) is 0. The number of benzene rings is 1. The van der Waals surface area contributed by atoms with Gasteiger partial charge in [-0.05, 0) is 82.7 Å². The lowest BCUT2D eigenvalue weighted by atomic mass is 9.93. The number of anilines is 1. The average Bonchev–Trinajstić information content (AvgIpc) is 3.41. The van der Waals surface area contributed by atoms with Gasteiger partial charge >= 0.3 is 12.1 Å². The van der Waals surface area contributed by atoms with Crippen LogP contribution in [0.5, 0.6) is 0 Å². The summed E-state index contributed by atoms with van der Waals surface area (Å²) in [6.07, 6.45) is 7.59. The number of aromatic nitrogens is 6. The third-order valence-corrected chi connectivity index (χ3v) is 6.35. The van der Waals surface area contributed by atoms with Crippen LogP contribution in [-0.4, -0.2) is 59.3 Å². The maximum Gasteiger partial charge on any atom is 0.420 e. The molecule has 0 radical (unpaired) electrons. The molecule has 1 N–H and O–H groups in total. The molecule has 1 fully saturated rings. The lowest BCUT2D eigenvalue weighted by Crippen LogP contribution is -2.31. The molecule has 0 spiro atoms. The maximum atomic E-state index is 12.5. The molecule has 0 atom stereocenters. The van der Waals surface area contributed by atoms with Crippen molar-refractivity contribution < 1.29 is 19.1 Å². The molecule has 4 aromatic rings. The van der Waals surface area contributed by atoms with E-state index in [0.717, 1.165) is 31.2 Å². The highest BCUT2D eigenvalue weighted by atomic mass is 33.1. The Kier molecular flexibility index (Phi) is 10.6. The third kappa shape index (κ3) is 8.92. The smallest absolute Gasteiger partial charge is 0.420 e. The van der Waals surface area contributed by atoms with Crippen LogP contribution in [0.2, 0.25) is 0 Å². The lowest BCUT2D eigenvalue weighted by Gasteiger charge is -2.28. The van der Waals surface area contributed by atoms with E-state index in [1.54, 1.807) is 30.6 Å². The minimum Gasteiger partial charge on any atom is -0.463 e. The maximum absolute atomic E-state index is 12.5. The summed E-state index contributed by atoms with van der Waals surface area (Å²) in [6, 6.07) is 9.11. The average molecular weight is 620 g/mol. The summed E-state index contributed by atoms with van der Waals surface area (Å²) < 4.78 is 12.2. The van der Waals surface area contributed by atoms with Crippen molar-refractivity contribution in [1.29, 1.82) is 0 Å². The number of nitrogens with zero attached hydrogens (tertiary/aromatic N) is 6. The molecule has 1 aliphatic rings. The molecule has 13 heteroatoms. The molecule has 0 unspecified atom stereocenters. The second-order valence-corrected chi connectivity index (χ2v) is 10.8. The van der Waals surface area contributed by atoms with Crippen molar-refractivity contribution in [2.75, 3.05) is 5.32 Å². The van der Waals surface area contributed by atoms with E-state index in [9.17, 15) is 9.59 Å². The van der Waals surface area contributed by atoms with Crippen LogP contribution in [0.25, 0.3) is 22.6 Å². The van der Waals surface area contributed by atoms with Crippen LogP contribution in [0.4, 0.5) is 10.7 Å². The van der Waals surface area contributed by atoms with Gasteiger partial charge in [-0.15, -0.1) is 23.3 Å². The van der Waals surface area contributed by atoms with Crippen molar-refractivity contribution in [3.8, 4) is 23.4 Å². The number of carbonyl (C=O) groups excluding carboxylic acids is 2. The standard InChI is InChI=1S/C30H31N7O4.H2S2/c1-19(38)40-23-10-8-21(9-11-23)35-28-32-16-14-24(36-28)27-31-15-13-22(34-27)7-5-20-6-12-26-25(17-20)33-18-37(26)29(39)41-30(2,3)4;1-2/h6,12-18,21,23H,8-11H2,1-4H3,(H,32,35,36);1-2H. The van der Waals surface area contributed by atoms with Crippen LogP contribution < -0.4 is 5.32 Å². The molecule has 0 bridgehead atoms. The fourth-order valence-corrected chi connectivity index (χ4v) is 4.53.